The summed E-state index contributed by atoms with van der Waals surface area (Å²) >= 11 is 0. The van der Waals surface area contributed by atoms with Crippen molar-refractivity contribution < 1.29 is 17.6 Å². The van der Waals surface area contributed by atoms with E-state index in [-0.39, 0.29) is 22.6 Å². The van der Waals surface area contributed by atoms with Gasteiger partial charge in [-0.3, -0.25) is 4.79 Å². The Bertz CT molecular complexity index is 623. The Kier molecular flexibility index (Phi) is 4.70. The second-order valence-electron chi connectivity index (χ2n) is 5.29. The third-order valence-corrected chi connectivity index (χ3v) is 5.04. The molecule has 3 N–H and O–H groups in total. The van der Waals surface area contributed by atoms with Crippen LogP contribution in [0.5, 0.6) is 0 Å². The molecule has 1 aliphatic rings. The minimum atomic E-state index is -3.68. The number of carbonyl (C=O) groups is 1. The van der Waals surface area contributed by atoms with Crippen LogP contribution in [-0.2, 0) is 10.0 Å². The number of hydrogen-bond acceptors (Lipinski definition) is 5. The lowest BCUT2D eigenvalue weighted by Gasteiger charge is -2.30. The highest BCUT2D eigenvalue weighted by Crippen LogP contribution is 2.20. The molecule has 2 rings (SSSR count). The molecule has 2 unspecified atom stereocenters. The first kappa shape index (κ1) is 16.0. The maximum Gasteiger partial charge on any atom is 0.273 e. The summed E-state index contributed by atoms with van der Waals surface area (Å²) in [7, 11) is -2.39. The van der Waals surface area contributed by atoms with Crippen molar-refractivity contribution in [2.75, 3.05) is 20.1 Å². The molecule has 1 aromatic heterocycles. The van der Waals surface area contributed by atoms with Crippen molar-refractivity contribution in [1.29, 1.82) is 0 Å². The lowest BCUT2D eigenvalue weighted by molar-refractivity contribution is 0.0912. The number of nitrogens with one attached hydrogen (secondary N) is 3. The van der Waals surface area contributed by atoms with Gasteiger partial charge in [0.25, 0.3) is 15.9 Å². The van der Waals surface area contributed by atoms with Gasteiger partial charge in [-0.15, -0.1) is 0 Å². The molecule has 0 bridgehead atoms. The zero-order valence-corrected chi connectivity index (χ0v) is 13.2. The minimum Gasteiger partial charge on any atom is -0.448 e. The molecule has 118 valence electrons. The van der Waals surface area contributed by atoms with Gasteiger partial charge >= 0.3 is 0 Å². The molecular formula is C13H21N3O4S. The highest BCUT2D eigenvalue weighted by atomic mass is 32.2. The summed E-state index contributed by atoms with van der Waals surface area (Å²) in [5.74, 6) is 0.325. The molecule has 2 atom stereocenters. The highest BCUT2D eigenvalue weighted by Gasteiger charge is 2.26. The van der Waals surface area contributed by atoms with Gasteiger partial charge in [0.05, 0.1) is 5.56 Å². The van der Waals surface area contributed by atoms with E-state index in [9.17, 15) is 13.2 Å². The molecule has 1 amide bonds. The number of piperidine rings is 1. The lowest BCUT2D eigenvalue weighted by atomic mass is 9.95. The predicted octanol–water partition coefficient (Wildman–Crippen LogP) is 0.224. The van der Waals surface area contributed by atoms with Crippen LogP contribution >= 0.6 is 0 Å². The summed E-state index contributed by atoms with van der Waals surface area (Å²) in [5, 5.41) is 5.97. The van der Waals surface area contributed by atoms with Crippen LogP contribution in [0, 0.1) is 12.8 Å². The van der Waals surface area contributed by atoms with E-state index in [1.807, 2.05) is 0 Å². The Morgan fingerprint density at radius 3 is 2.81 bits per heavy atom. The maximum absolute atomic E-state index is 12.3. The Labute approximate surface area is 124 Å². The van der Waals surface area contributed by atoms with Crippen LogP contribution in [0.15, 0.2) is 15.6 Å². The van der Waals surface area contributed by atoms with Gasteiger partial charge in [0.1, 0.15) is 5.76 Å². The normalized spacial score (nSPS) is 23.0. The van der Waals surface area contributed by atoms with Gasteiger partial charge in [-0.05, 0) is 39.4 Å². The van der Waals surface area contributed by atoms with Gasteiger partial charge in [0.15, 0.2) is 0 Å². The van der Waals surface area contributed by atoms with E-state index in [1.165, 1.54) is 13.1 Å². The van der Waals surface area contributed by atoms with Gasteiger partial charge in [0.2, 0.25) is 5.09 Å². The Balaban J connectivity index is 2.16. The van der Waals surface area contributed by atoms with Crippen molar-refractivity contribution in [3.8, 4) is 0 Å². The molecule has 0 aliphatic carbocycles. The molecule has 7 nitrogen and oxygen atoms in total. The number of furan rings is 1. The SMILES string of the molecule is CNS(=O)(=O)c1cc(C(=O)NC2CCNCC2C)c(C)o1. The molecule has 0 aromatic carbocycles. The molecule has 1 fully saturated rings. The molecule has 21 heavy (non-hydrogen) atoms. The van der Waals surface area contributed by atoms with E-state index in [0.717, 1.165) is 19.5 Å². The van der Waals surface area contributed by atoms with Gasteiger partial charge < -0.3 is 15.1 Å². The topological polar surface area (TPSA) is 100 Å². The van der Waals surface area contributed by atoms with Crippen LogP contribution < -0.4 is 15.4 Å². The summed E-state index contributed by atoms with van der Waals surface area (Å²) in [5.41, 5.74) is 0.259. The quantitative estimate of drug-likeness (QED) is 0.738. The molecule has 0 saturated carbocycles. The Hall–Kier alpha value is -1.38. The highest BCUT2D eigenvalue weighted by molar-refractivity contribution is 7.89. The van der Waals surface area contributed by atoms with Crippen molar-refractivity contribution >= 4 is 15.9 Å². The van der Waals surface area contributed by atoms with Gasteiger partial charge in [0, 0.05) is 12.1 Å². The van der Waals surface area contributed by atoms with Crippen molar-refractivity contribution in [2.45, 2.75) is 31.4 Å². The van der Waals surface area contributed by atoms with Crippen molar-refractivity contribution in [2.24, 2.45) is 5.92 Å². The molecule has 0 radical (unpaired) electrons. The average molecular weight is 315 g/mol. The molecule has 1 aromatic rings. The number of sulfonamides is 1. The zero-order valence-electron chi connectivity index (χ0n) is 12.4. The third kappa shape index (κ3) is 3.45. The number of hydrogen-bond donors (Lipinski definition) is 3. The minimum absolute atomic E-state index is 0.0809. The van der Waals surface area contributed by atoms with Gasteiger partial charge in [-0.2, -0.15) is 0 Å². The van der Waals surface area contributed by atoms with Crippen molar-refractivity contribution in [3.63, 3.8) is 0 Å². The number of rotatable bonds is 4. The monoisotopic (exact) mass is 315 g/mol. The summed E-state index contributed by atoms with van der Waals surface area (Å²) in [4.78, 5) is 12.3. The molecular weight excluding hydrogens is 294 g/mol. The summed E-state index contributed by atoms with van der Waals surface area (Å²) in [6, 6.07) is 1.35. The van der Waals surface area contributed by atoms with Crippen LogP contribution in [-0.4, -0.2) is 40.5 Å². The van der Waals surface area contributed by atoms with E-state index >= 15 is 0 Å². The third-order valence-electron chi connectivity index (χ3n) is 3.78. The first-order chi connectivity index (χ1) is 9.85. The molecule has 2 heterocycles. The Morgan fingerprint density at radius 2 is 2.19 bits per heavy atom. The molecule has 8 heteroatoms. The largest absolute Gasteiger partial charge is 0.448 e. The fraction of sp³-hybridized carbons (Fsp3) is 0.615. The van der Waals surface area contributed by atoms with Crippen LogP contribution in [0.2, 0.25) is 0 Å². The number of amides is 1. The van der Waals surface area contributed by atoms with Gasteiger partial charge in [-0.25, -0.2) is 13.1 Å². The average Bonchev–Trinajstić information content (AvgIpc) is 2.84. The second kappa shape index (κ2) is 6.17. The zero-order chi connectivity index (χ0) is 15.6. The van der Waals surface area contributed by atoms with Crippen LogP contribution in [0.1, 0.15) is 29.5 Å². The lowest BCUT2D eigenvalue weighted by Crippen LogP contribution is -2.48. The van der Waals surface area contributed by atoms with Crippen LogP contribution in [0.25, 0.3) is 0 Å². The van der Waals surface area contributed by atoms with Crippen molar-refractivity contribution in [3.05, 3.63) is 17.4 Å². The van der Waals surface area contributed by atoms with E-state index in [2.05, 4.69) is 22.3 Å². The van der Waals surface area contributed by atoms with E-state index in [0.29, 0.717) is 11.7 Å². The Morgan fingerprint density at radius 1 is 1.48 bits per heavy atom. The number of aryl methyl sites for hydroxylation is 1. The maximum atomic E-state index is 12.3. The van der Waals surface area contributed by atoms with Crippen LogP contribution in [0.4, 0.5) is 0 Å². The smallest absolute Gasteiger partial charge is 0.273 e. The molecule has 0 spiro atoms. The first-order valence-electron chi connectivity index (χ1n) is 6.90. The summed E-state index contributed by atoms with van der Waals surface area (Å²) < 4.78 is 30.7. The molecule has 1 aliphatic heterocycles. The fourth-order valence-corrected chi connectivity index (χ4v) is 3.10. The second-order valence-corrected chi connectivity index (χ2v) is 7.11. The predicted molar refractivity (Wildman–Crippen MR) is 77.6 cm³/mol. The first-order valence-corrected chi connectivity index (χ1v) is 8.39. The standard InChI is InChI=1S/C13H21N3O4S/c1-8-7-15-5-4-11(8)16-13(17)10-6-12(20-9(10)2)21(18,19)14-3/h6,8,11,14-15H,4-5,7H2,1-3H3,(H,16,17). The number of carbonyl (C=O) groups excluding carboxylic acids is 1. The van der Waals surface area contributed by atoms with Crippen molar-refractivity contribution in [1.82, 2.24) is 15.4 Å². The fourth-order valence-electron chi connectivity index (χ4n) is 2.39. The summed E-state index contributed by atoms with van der Waals surface area (Å²) in [6.45, 7) is 5.36. The van der Waals surface area contributed by atoms with Gasteiger partial charge in [-0.1, -0.05) is 6.92 Å². The van der Waals surface area contributed by atoms with E-state index in [1.54, 1.807) is 6.92 Å². The van der Waals surface area contributed by atoms with E-state index in [4.69, 9.17) is 4.42 Å². The summed E-state index contributed by atoms with van der Waals surface area (Å²) in [6.07, 6.45) is 0.853. The van der Waals surface area contributed by atoms with Crippen LogP contribution in [0.3, 0.4) is 0 Å². The molecule has 1 saturated heterocycles. The van der Waals surface area contributed by atoms with E-state index < -0.39 is 10.0 Å².